The van der Waals surface area contributed by atoms with E-state index in [0.29, 0.717) is 25.3 Å². The Hall–Kier alpha value is -3.54. The highest BCUT2D eigenvalue weighted by molar-refractivity contribution is 5.98. The molecule has 0 atom stereocenters. The molecule has 1 amide bonds. The van der Waals surface area contributed by atoms with Gasteiger partial charge in [-0.2, -0.15) is 5.10 Å². The Kier molecular flexibility index (Phi) is 4.09. The molecule has 28 heavy (non-hydrogen) atoms. The predicted octanol–water partition coefficient (Wildman–Crippen LogP) is 3.70. The van der Waals surface area contributed by atoms with Crippen LogP contribution in [-0.4, -0.2) is 32.5 Å². The smallest absolute Gasteiger partial charge is 0.270 e. The van der Waals surface area contributed by atoms with E-state index >= 15 is 0 Å². The molecule has 0 saturated heterocycles. The molecule has 0 saturated carbocycles. The van der Waals surface area contributed by atoms with Crippen molar-refractivity contribution in [1.82, 2.24) is 20.1 Å². The number of benzene rings is 2. The van der Waals surface area contributed by atoms with Crippen molar-refractivity contribution in [3.8, 4) is 0 Å². The topological polar surface area (TPSA) is 76.8 Å². The lowest BCUT2D eigenvalue weighted by Crippen LogP contribution is -2.36. The highest BCUT2D eigenvalue weighted by Gasteiger charge is 2.26. The van der Waals surface area contributed by atoms with Crippen LogP contribution in [0.5, 0.6) is 0 Å². The first-order valence-corrected chi connectivity index (χ1v) is 9.49. The van der Waals surface area contributed by atoms with E-state index in [9.17, 15) is 4.79 Å². The number of aromatic amines is 2. The fraction of sp³-hybridized carbons (Fsp3) is 0.182. The highest BCUT2D eigenvalue weighted by Crippen LogP contribution is 2.26. The summed E-state index contributed by atoms with van der Waals surface area (Å²) >= 11 is 0. The number of H-pyrrole nitrogens is 2. The first-order valence-electron chi connectivity index (χ1n) is 9.49. The molecule has 140 valence electrons. The standard InChI is InChI=1S/C22H21N5O/c28-22(20-12-16-8-4-5-9-18(16)24-20)27-11-10-19-17(14-27)21(26-25-19)23-13-15-6-2-1-3-7-15/h1-9,12,24H,10-11,13-14H2,(H2,23,25,26). The molecule has 1 aliphatic rings. The van der Waals surface area contributed by atoms with Gasteiger partial charge in [-0.1, -0.05) is 48.5 Å². The van der Waals surface area contributed by atoms with Crippen molar-refractivity contribution in [3.05, 3.63) is 83.2 Å². The number of nitrogens with one attached hydrogen (secondary N) is 3. The molecule has 0 bridgehead atoms. The third kappa shape index (κ3) is 3.03. The van der Waals surface area contributed by atoms with Crippen LogP contribution < -0.4 is 5.32 Å². The lowest BCUT2D eigenvalue weighted by molar-refractivity contribution is 0.0729. The lowest BCUT2D eigenvalue weighted by atomic mass is 10.1. The third-order valence-electron chi connectivity index (χ3n) is 5.28. The molecule has 5 rings (SSSR count). The molecule has 1 aliphatic heterocycles. The summed E-state index contributed by atoms with van der Waals surface area (Å²) in [6.07, 6.45) is 0.779. The molecule has 0 radical (unpaired) electrons. The van der Waals surface area contributed by atoms with Crippen molar-refractivity contribution in [2.45, 2.75) is 19.5 Å². The maximum absolute atomic E-state index is 13.0. The zero-order chi connectivity index (χ0) is 18.9. The van der Waals surface area contributed by atoms with Crippen molar-refractivity contribution in [3.63, 3.8) is 0 Å². The number of anilines is 1. The second kappa shape index (κ2) is 6.88. The molecule has 0 fully saturated rings. The number of rotatable bonds is 4. The van der Waals surface area contributed by atoms with Crippen LogP contribution in [0.2, 0.25) is 0 Å². The van der Waals surface area contributed by atoms with E-state index in [1.54, 1.807) is 0 Å². The van der Waals surface area contributed by atoms with Crippen LogP contribution in [0.3, 0.4) is 0 Å². The molecule has 2 aromatic carbocycles. The summed E-state index contributed by atoms with van der Waals surface area (Å²) in [6, 6.07) is 20.1. The SMILES string of the molecule is O=C(c1cc2ccccc2[nH]1)N1CCc2[nH]nc(NCc3ccccc3)c2C1. The zero-order valence-corrected chi connectivity index (χ0v) is 15.4. The lowest BCUT2D eigenvalue weighted by Gasteiger charge is -2.26. The number of carbonyl (C=O) groups is 1. The first kappa shape index (κ1) is 16.6. The van der Waals surface area contributed by atoms with Crippen LogP contribution in [0.1, 0.15) is 27.3 Å². The number of amides is 1. The molecule has 6 heteroatoms. The zero-order valence-electron chi connectivity index (χ0n) is 15.4. The number of hydrogen-bond acceptors (Lipinski definition) is 3. The van der Waals surface area contributed by atoms with Crippen LogP contribution in [0, 0.1) is 0 Å². The Morgan fingerprint density at radius 2 is 1.93 bits per heavy atom. The van der Waals surface area contributed by atoms with E-state index in [4.69, 9.17) is 0 Å². The van der Waals surface area contributed by atoms with Gasteiger partial charge in [-0.15, -0.1) is 0 Å². The van der Waals surface area contributed by atoms with Gasteiger partial charge in [0.05, 0.1) is 6.54 Å². The Balaban J connectivity index is 1.34. The normalized spacial score (nSPS) is 13.5. The highest BCUT2D eigenvalue weighted by atomic mass is 16.2. The van der Waals surface area contributed by atoms with E-state index in [2.05, 4.69) is 32.6 Å². The number of para-hydroxylation sites is 1. The molecular formula is C22H21N5O. The summed E-state index contributed by atoms with van der Waals surface area (Å²) in [6.45, 7) is 1.94. The second-order valence-corrected chi connectivity index (χ2v) is 7.12. The number of hydrogen-bond donors (Lipinski definition) is 3. The van der Waals surface area contributed by atoms with Gasteiger partial charge in [-0.25, -0.2) is 0 Å². The second-order valence-electron chi connectivity index (χ2n) is 7.12. The predicted molar refractivity (Wildman–Crippen MR) is 109 cm³/mol. The molecule has 3 N–H and O–H groups in total. The van der Waals surface area contributed by atoms with Gasteiger partial charge in [-0.05, 0) is 17.7 Å². The maximum atomic E-state index is 13.0. The van der Waals surface area contributed by atoms with E-state index in [-0.39, 0.29) is 5.91 Å². The summed E-state index contributed by atoms with van der Waals surface area (Å²) in [5, 5.41) is 12.0. The van der Waals surface area contributed by atoms with Crippen molar-refractivity contribution in [2.24, 2.45) is 0 Å². The molecule has 3 heterocycles. The van der Waals surface area contributed by atoms with Crippen LogP contribution in [-0.2, 0) is 19.5 Å². The van der Waals surface area contributed by atoms with Gasteiger partial charge >= 0.3 is 0 Å². The third-order valence-corrected chi connectivity index (χ3v) is 5.28. The van der Waals surface area contributed by atoms with Gasteiger partial charge in [0.25, 0.3) is 5.91 Å². The van der Waals surface area contributed by atoms with Crippen LogP contribution in [0.4, 0.5) is 5.82 Å². The largest absolute Gasteiger partial charge is 0.364 e. The van der Waals surface area contributed by atoms with Crippen LogP contribution in [0.25, 0.3) is 10.9 Å². The van der Waals surface area contributed by atoms with Crippen molar-refractivity contribution < 1.29 is 4.79 Å². The van der Waals surface area contributed by atoms with E-state index in [1.807, 2.05) is 53.4 Å². The van der Waals surface area contributed by atoms with Crippen LogP contribution >= 0.6 is 0 Å². The minimum Gasteiger partial charge on any atom is -0.364 e. The van der Waals surface area contributed by atoms with E-state index in [0.717, 1.165) is 34.4 Å². The van der Waals surface area contributed by atoms with Crippen molar-refractivity contribution >= 4 is 22.6 Å². The Morgan fingerprint density at radius 1 is 1.11 bits per heavy atom. The van der Waals surface area contributed by atoms with Gasteiger partial charge in [0.2, 0.25) is 0 Å². The molecule has 6 nitrogen and oxygen atoms in total. The van der Waals surface area contributed by atoms with E-state index < -0.39 is 0 Å². The van der Waals surface area contributed by atoms with Gasteiger partial charge in [0.1, 0.15) is 5.69 Å². The Morgan fingerprint density at radius 3 is 2.79 bits per heavy atom. The summed E-state index contributed by atoms with van der Waals surface area (Å²) in [4.78, 5) is 18.2. The fourth-order valence-electron chi connectivity index (χ4n) is 3.76. The Labute approximate surface area is 162 Å². The summed E-state index contributed by atoms with van der Waals surface area (Å²) in [5.41, 5.74) is 4.99. The van der Waals surface area contributed by atoms with Crippen molar-refractivity contribution in [2.75, 3.05) is 11.9 Å². The molecular weight excluding hydrogens is 350 g/mol. The minimum atomic E-state index is 0.0251. The fourth-order valence-corrected chi connectivity index (χ4v) is 3.76. The number of fused-ring (bicyclic) bond motifs is 2. The monoisotopic (exact) mass is 371 g/mol. The minimum absolute atomic E-state index is 0.0251. The molecule has 4 aromatic rings. The average molecular weight is 371 g/mol. The Bertz CT molecular complexity index is 1100. The van der Waals surface area contributed by atoms with E-state index in [1.165, 1.54) is 5.56 Å². The summed E-state index contributed by atoms with van der Waals surface area (Å²) in [7, 11) is 0. The number of nitrogens with zero attached hydrogens (tertiary/aromatic N) is 2. The molecule has 0 spiro atoms. The van der Waals surface area contributed by atoms with Gasteiger partial charge in [-0.3, -0.25) is 9.89 Å². The van der Waals surface area contributed by atoms with Gasteiger partial charge in [0, 0.05) is 41.7 Å². The quantitative estimate of drug-likeness (QED) is 0.512. The van der Waals surface area contributed by atoms with Crippen LogP contribution in [0.15, 0.2) is 60.7 Å². The molecule has 0 aliphatic carbocycles. The van der Waals surface area contributed by atoms with Gasteiger partial charge in [0.15, 0.2) is 5.82 Å². The average Bonchev–Trinajstić information content (AvgIpc) is 3.36. The first-order chi connectivity index (χ1) is 13.8. The molecule has 0 unspecified atom stereocenters. The summed E-state index contributed by atoms with van der Waals surface area (Å²) in [5.74, 6) is 0.852. The summed E-state index contributed by atoms with van der Waals surface area (Å²) < 4.78 is 0. The van der Waals surface area contributed by atoms with Gasteiger partial charge < -0.3 is 15.2 Å². The molecule has 2 aromatic heterocycles. The number of aromatic nitrogens is 3. The van der Waals surface area contributed by atoms with Crippen molar-refractivity contribution in [1.29, 1.82) is 0 Å². The number of carbonyl (C=O) groups excluding carboxylic acids is 1. The maximum Gasteiger partial charge on any atom is 0.270 e.